The van der Waals surface area contributed by atoms with Crippen LogP contribution in [0.5, 0.6) is 0 Å². The lowest BCUT2D eigenvalue weighted by molar-refractivity contribution is 0.0526. The van der Waals surface area contributed by atoms with Crippen LogP contribution in [0.3, 0.4) is 0 Å². The molecule has 3 aromatic heterocycles. The Labute approximate surface area is 160 Å². The lowest BCUT2D eigenvalue weighted by Gasteiger charge is -2.13. The molecule has 0 spiro atoms. The van der Waals surface area contributed by atoms with Crippen molar-refractivity contribution in [2.75, 3.05) is 6.61 Å². The van der Waals surface area contributed by atoms with Crippen LogP contribution in [0.15, 0.2) is 71.4 Å². The summed E-state index contributed by atoms with van der Waals surface area (Å²) in [7, 11) is 0. The zero-order valence-electron chi connectivity index (χ0n) is 14.2. The molecule has 26 heavy (non-hydrogen) atoms. The van der Waals surface area contributed by atoms with Gasteiger partial charge in [0, 0.05) is 5.69 Å². The standard InChI is InChI=1S/C21H17NO2S2/c1-2-24-21(23)15-7-9-16(10-8-15)22-17(19-5-3-13-25-19)11-12-18(22)20-6-4-14-26-20/h3-14H,2H2,1H3. The van der Waals surface area contributed by atoms with E-state index in [9.17, 15) is 4.79 Å². The van der Waals surface area contributed by atoms with Gasteiger partial charge >= 0.3 is 5.97 Å². The first kappa shape index (κ1) is 16.8. The van der Waals surface area contributed by atoms with E-state index in [0.717, 1.165) is 17.1 Å². The molecule has 4 aromatic rings. The highest BCUT2D eigenvalue weighted by Crippen LogP contribution is 2.36. The molecule has 0 fully saturated rings. The molecule has 0 radical (unpaired) electrons. The minimum absolute atomic E-state index is 0.288. The highest BCUT2D eigenvalue weighted by atomic mass is 32.1. The zero-order valence-corrected chi connectivity index (χ0v) is 15.8. The third-order valence-electron chi connectivity index (χ3n) is 4.06. The van der Waals surface area contributed by atoms with Crippen molar-refractivity contribution in [3.05, 3.63) is 77.0 Å². The Bertz CT molecular complexity index is 945. The van der Waals surface area contributed by atoms with Crippen LogP contribution < -0.4 is 0 Å². The maximum atomic E-state index is 11.9. The maximum absolute atomic E-state index is 11.9. The molecule has 0 N–H and O–H groups in total. The van der Waals surface area contributed by atoms with Crippen molar-refractivity contribution in [3.8, 4) is 26.8 Å². The number of rotatable bonds is 5. The Hall–Kier alpha value is -2.63. The normalized spacial score (nSPS) is 10.8. The summed E-state index contributed by atoms with van der Waals surface area (Å²) in [5, 5.41) is 4.17. The zero-order chi connectivity index (χ0) is 17.9. The highest BCUT2D eigenvalue weighted by Gasteiger charge is 2.15. The molecule has 3 heterocycles. The van der Waals surface area contributed by atoms with E-state index in [1.54, 1.807) is 22.7 Å². The van der Waals surface area contributed by atoms with Crippen molar-refractivity contribution in [1.29, 1.82) is 0 Å². The summed E-state index contributed by atoms with van der Waals surface area (Å²) in [5.74, 6) is -0.288. The van der Waals surface area contributed by atoms with Gasteiger partial charge in [0.2, 0.25) is 0 Å². The Morgan fingerprint density at radius 3 is 1.92 bits per heavy atom. The van der Waals surface area contributed by atoms with Crippen LogP contribution in [0, 0.1) is 0 Å². The summed E-state index contributed by atoms with van der Waals surface area (Å²) < 4.78 is 7.32. The lowest BCUT2D eigenvalue weighted by atomic mass is 10.2. The second-order valence-electron chi connectivity index (χ2n) is 5.66. The third kappa shape index (κ3) is 3.11. The average molecular weight is 380 g/mol. The maximum Gasteiger partial charge on any atom is 0.338 e. The molecule has 0 bridgehead atoms. The fraction of sp³-hybridized carbons (Fsp3) is 0.0952. The van der Waals surface area contributed by atoms with Crippen LogP contribution in [0.25, 0.3) is 26.8 Å². The number of benzene rings is 1. The fourth-order valence-electron chi connectivity index (χ4n) is 2.91. The summed E-state index contributed by atoms with van der Waals surface area (Å²) in [4.78, 5) is 14.3. The van der Waals surface area contributed by atoms with Gasteiger partial charge in [-0.2, -0.15) is 0 Å². The molecule has 5 heteroatoms. The molecule has 0 aliphatic carbocycles. The summed E-state index contributed by atoms with van der Waals surface area (Å²) in [6.07, 6.45) is 0. The predicted octanol–water partition coefficient (Wildman–Crippen LogP) is 6.11. The molecule has 4 rings (SSSR count). The number of carbonyl (C=O) groups is 1. The summed E-state index contributed by atoms with van der Waals surface area (Å²) in [6.45, 7) is 2.19. The van der Waals surface area contributed by atoms with Gasteiger partial charge in [-0.3, -0.25) is 0 Å². The third-order valence-corrected chi connectivity index (χ3v) is 5.85. The van der Waals surface area contributed by atoms with Crippen molar-refractivity contribution in [2.24, 2.45) is 0 Å². The molecule has 0 unspecified atom stereocenters. The number of hydrogen-bond donors (Lipinski definition) is 0. The van der Waals surface area contributed by atoms with E-state index in [4.69, 9.17) is 4.74 Å². The molecular weight excluding hydrogens is 362 g/mol. The average Bonchev–Trinajstić information content (AvgIpc) is 3.41. The van der Waals surface area contributed by atoms with Crippen molar-refractivity contribution in [2.45, 2.75) is 6.92 Å². The van der Waals surface area contributed by atoms with Crippen molar-refractivity contribution in [1.82, 2.24) is 4.57 Å². The van der Waals surface area contributed by atoms with Gasteiger partial charge in [0.05, 0.1) is 33.3 Å². The van der Waals surface area contributed by atoms with Crippen LogP contribution in [0.1, 0.15) is 17.3 Å². The summed E-state index contributed by atoms with van der Waals surface area (Å²) in [6, 6.07) is 20.3. The number of hydrogen-bond acceptors (Lipinski definition) is 4. The van der Waals surface area contributed by atoms with Gasteiger partial charge in [-0.15, -0.1) is 22.7 Å². The Balaban J connectivity index is 1.82. The number of carbonyl (C=O) groups excluding carboxylic acids is 1. The highest BCUT2D eigenvalue weighted by molar-refractivity contribution is 7.14. The first-order valence-electron chi connectivity index (χ1n) is 8.35. The second-order valence-corrected chi connectivity index (χ2v) is 7.56. The van der Waals surface area contributed by atoms with E-state index >= 15 is 0 Å². The van der Waals surface area contributed by atoms with Crippen molar-refractivity contribution < 1.29 is 9.53 Å². The molecule has 0 aliphatic rings. The minimum atomic E-state index is -0.288. The smallest absolute Gasteiger partial charge is 0.338 e. The van der Waals surface area contributed by atoms with E-state index in [2.05, 4.69) is 51.7 Å². The monoisotopic (exact) mass is 379 g/mol. The number of esters is 1. The molecule has 1 aromatic carbocycles. The topological polar surface area (TPSA) is 31.2 Å². The Kier molecular flexibility index (Phi) is 4.73. The SMILES string of the molecule is CCOC(=O)c1ccc(-n2c(-c3cccs3)ccc2-c2cccs2)cc1. The predicted molar refractivity (Wildman–Crippen MR) is 108 cm³/mol. The van der Waals surface area contributed by atoms with Crippen LogP contribution in [-0.4, -0.2) is 17.1 Å². The van der Waals surface area contributed by atoms with Gasteiger partial charge in [-0.05, 0) is 66.2 Å². The van der Waals surface area contributed by atoms with Crippen LogP contribution in [0.4, 0.5) is 0 Å². The molecule has 0 saturated heterocycles. The van der Waals surface area contributed by atoms with Gasteiger partial charge in [-0.25, -0.2) is 4.79 Å². The van der Waals surface area contributed by atoms with Gasteiger partial charge in [-0.1, -0.05) is 12.1 Å². The Morgan fingerprint density at radius 2 is 1.46 bits per heavy atom. The van der Waals surface area contributed by atoms with E-state index in [1.165, 1.54) is 9.75 Å². The van der Waals surface area contributed by atoms with Gasteiger partial charge in [0.25, 0.3) is 0 Å². The molecular formula is C21H17NO2S2. The number of nitrogens with zero attached hydrogens (tertiary/aromatic N) is 1. The first-order valence-corrected chi connectivity index (χ1v) is 10.1. The lowest BCUT2D eigenvalue weighted by Crippen LogP contribution is -2.05. The van der Waals surface area contributed by atoms with E-state index in [0.29, 0.717) is 12.2 Å². The van der Waals surface area contributed by atoms with E-state index in [-0.39, 0.29) is 5.97 Å². The minimum Gasteiger partial charge on any atom is -0.462 e. The summed E-state index contributed by atoms with van der Waals surface area (Å²) >= 11 is 3.44. The largest absolute Gasteiger partial charge is 0.462 e. The Morgan fingerprint density at radius 1 is 0.885 bits per heavy atom. The number of ether oxygens (including phenoxy) is 1. The molecule has 0 amide bonds. The van der Waals surface area contributed by atoms with Crippen LogP contribution in [0.2, 0.25) is 0 Å². The summed E-state index contributed by atoms with van der Waals surface area (Å²) in [5.41, 5.74) is 3.88. The van der Waals surface area contributed by atoms with Gasteiger partial charge in [0.1, 0.15) is 0 Å². The van der Waals surface area contributed by atoms with Crippen LogP contribution >= 0.6 is 22.7 Å². The quantitative estimate of drug-likeness (QED) is 0.392. The van der Waals surface area contributed by atoms with E-state index in [1.807, 2.05) is 31.2 Å². The molecule has 0 atom stereocenters. The molecule has 0 saturated carbocycles. The number of thiophene rings is 2. The van der Waals surface area contributed by atoms with E-state index < -0.39 is 0 Å². The fourth-order valence-corrected chi connectivity index (χ4v) is 4.39. The van der Waals surface area contributed by atoms with Crippen LogP contribution in [-0.2, 0) is 4.74 Å². The van der Waals surface area contributed by atoms with Gasteiger partial charge in [0.15, 0.2) is 0 Å². The molecule has 130 valence electrons. The molecule has 0 aliphatic heterocycles. The molecule has 3 nitrogen and oxygen atoms in total. The van der Waals surface area contributed by atoms with Gasteiger partial charge < -0.3 is 9.30 Å². The number of aromatic nitrogens is 1. The second kappa shape index (κ2) is 7.32. The van der Waals surface area contributed by atoms with Crippen molar-refractivity contribution in [3.63, 3.8) is 0 Å². The first-order chi connectivity index (χ1) is 12.8. The van der Waals surface area contributed by atoms with Crippen molar-refractivity contribution >= 4 is 28.6 Å².